The summed E-state index contributed by atoms with van der Waals surface area (Å²) in [5.41, 5.74) is 6.09. The number of benzene rings is 1. The predicted molar refractivity (Wildman–Crippen MR) is 70.2 cm³/mol. The summed E-state index contributed by atoms with van der Waals surface area (Å²) in [4.78, 5) is 1.92. The molecule has 0 atom stereocenters. The lowest BCUT2D eigenvalue weighted by molar-refractivity contribution is 0.264. The van der Waals surface area contributed by atoms with E-state index in [1.54, 1.807) is 18.2 Å². The minimum Gasteiger partial charge on any atom is -0.381 e. The first-order valence-corrected chi connectivity index (χ1v) is 6.17. The molecule has 0 aliphatic carbocycles. The first-order valence-electron chi connectivity index (χ1n) is 5.38. The number of hydrogen-bond acceptors (Lipinski definition) is 4. The fourth-order valence-electron chi connectivity index (χ4n) is 1.68. The molecular weight excluding hydrogens is 301 g/mol. The van der Waals surface area contributed by atoms with E-state index in [1.165, 1.54) is 6.07 Å². The predicted octanol–water partition coefficient (Wildman–Crippen LogP) is 2.79. The maximum absolute atomic E-state index is 13.6. The molecule has 6 heteroatoms. The van der Waals surface area contributed by atoms with Gasteiger partial charge in [-0.1, -0.05) is 21.1 Å². The number of halogens is 2. The molecule has 2 aromatic rings. The SMILES string of the molecule is CN(Cc1cc(N)no1)Cc1cc(Br)ccc1F. The quantitative estimate of drug-likeness (QED) is 0.943. The van der Waals surface area contributed by atoms with Gasteiger partial charge in [0.15, 0.2) is 11.6 Å². The second-order valence-corrected chi connectivity index (χ2v) is 5.04. The van der Waals surface area contributed by atoms with Gasteiger partial charge in [-0.05, 0) is 25.2 Å². The van der Waals surface area contributed by atoms with E-state index in [-0.39, 0.29) is 5.82 Å². The smallest absolute Gasteiger partial charge is 0.167 e. The summed E-state index contributed by atoms with van der Waals surface area (Å²) in [6, 6.07) is 6.55. The Bertz CT molecular complexity index is 544. The Morgan fingerprint density at radius 3 is 2.83 bits per heavy atom. The third-order valence-corrected chi connectivity index (χ3v) is 2.94. The maximum atomic E-state index is 13.6. The Labute approximate surface area is 113 Å². The number of rotatable bonds is 4. The molecule has 0 saturated heterocycles. The number of anilines is 1. The van der Waals surface area contributed by atoms with Gasteiger partial charge in [-0.2, -0.15) is 0 Å². The van der Waals surface area contributed by atoms with Crippen LogP contribution in [0.25, 0.3) is 0 Å². The van der Waals surface area contributed by atoms with Crippen LogP contribution in [0.4, 0.5) is 10.2 Å². The molecule has 0 bridgehead atoms. The molecule has 1 aromatic carbocycles. The number of hydrogen-bond donors (Lipinski definition) is 1. The summed E-state index contributed by atoms with van der Waals surface area (Å²) < 4.78 is 19.4. The van der Waals surface area contributed by atoms with Gasteiger partial charge in [0.25, 0.3) is 0 Å². The normalized spacial score (nSPS) is 11.1. The molecule has 0 aliphatic rings. The van der Waals surface area contributed by atoms with Crippen LogP contribution in [0.3, 0.4) is 0 Å². The van der Waals surface area contributed by atoms with Gasteiger partial charge >= 0.3 is 0 Å². The summed E-state index contributed by atoms with van der Waals surface area (Å²) in [6.07, 6.45) is 0. The zero-order chi connectivity index (χ0) is 13.1. The molecule has 96 valence electrons. The van der Waals surface area contributed by atoms with Crippen molar-refractivity contribution in [3.8, 4) is 0 Å². The first-order chi connectivity index (χ1) is 8.54. The molecule has 0 aliphatic heterocycles. The van der Waals surface area contributed by atoms with E-state index in [0.717, 1.165) is 4.47 Å². The van der Waals surface area contributed by atoms with Crippen molar-refractivity contribution in [2.24, 2.45) is 0 Å². The largest absolute Gasteiger partial charge is 0.381 e. The molecule has 1 aromatic heterocycles. The number of nitrogens with zero attached hydrogens (tertiary/aromatic N) is 2. The van der Waals surface area contributed by atoms with Gasteiger partial charge in [0.2, 0.25) is 0 Å². The monoisotopic (exact) mass is 313 g/mol. The summed E-state index contributed by atoms with van der Waals surface area (Å²) in [5, 5.41) is 3.60. The van der Waals surface area contributed by atoms with Crippen molar-refractivity contribution in [2.45, 2.75) is 13.1 Å². The number of aromatic nitrogens is 1. The summed E-state index contributed by atoms with van der Waals surface area (Å²) in [5.74, 6) is 0.791. The molecule has 0 amide bonds. The highest BCUT2D eigenvalue weighted by Crippen LogP contribution is 2.18. The van der Waals surface area contributed by atoms with Crippen LogP contribution in [-0.2, 0) is 13.1 Å². The fourth-order valence-corrected chi connectivity index (χ4v) is 2.09. The van der Waals surface area contributed by atoms with Crippen molar-refractivity contribution in [3.05, 3.63) is 45.9 Å². The van der Waals surface area contributed by atoms with E-state index in [1.807, 2.05) is 11.9 Å². The minimum atomic E-state index is -0.220. The Kier molecular flexibility index (Phi) is 3.98. The van der Waals surface area contributed by atoms with Crippen LogP contribution in [0.2, 0.25) is 0 Å². The van der Waals surface area contributed by atoms with Gasteiger partial charge in [0.1, 0.15) is 5.82 Å². The van der Waals surface area contributed by atoms with Crippen molar-refractivity contribution in [2.75, 3.05) is 12.8 Å². The average Bonchev–Trinajstić information content (AvgIpc) is 2.69. The molecule has 1 heterocycles. The molecule has 0 radical (unpaired) electrons. The van der Waals surface area contributed by atoms with Crippen LogP contribution in [0, 0.1) is 5.82 Å². The standard InChI is InChI=1S/C12H13BrFN3O/c1-17(7-10-5-12(15)16-18-10)6-8-4-9(13)2-3-11(8)14/h2-5H,6-7H2,1H3,(H2,15,16). The summed E-state index contributed by atoms with van der Waals surface area (Å²) in [7, 11) is 1.87. The van der Waals surface area contributed by atoms with E-state index >= 15 is 0 Å². The molecule has 0 unspecified atom stereocenters. The maximum Gasteiger partial charge on any atom is 0.167 e. The van der Waals surface area contributed by atoms with Gasteiger partial charge in [0, 0.05) is 22.6 Å². The van der Waals surface area contributed by atoms with Gasteiger partial charge in [0.05, 0.1) is 6.54 Å². The number of nitrogen functional groups attached to an aromatic ring is 1. The van der Waals surface area contributed by atoms with Crippen molar-refractivity contribution >= 4 is 21.7 Å². The van der Waals surface area contributed by atoms with E-state index < -0.39 is 0 Å². The molecule has 18 heavy (non-hydrogen) atoms. The van der Waals surface area contributed by atoms with Crippen molar-refractivity contribution in [1.82, 2.24) is 10.1 Å². The van der Waals surface area contributed by atoms with Crippen LogP contribution in [-0.4, -0.2) is 17.1 Å². The highest BCUT2D eigenvalue weighted by molar-refractivity contribution is 9.10. The van der Waals surface area contributed by atoms with Crippen LogP contribution < -0.4 is 5.73 Å². The van der Waals surface area contributed by atoms with E-state index in [2.05, 4.69) is 21.1 Å². The Morgan fingerprint density at radius 1 is 1.39 bits per heavy atom. The van der Waals surface area contributed by atoms with Crippen molar-refractivity contribution in [1.29, 1.82) is 0 Å². The molecule has 4 nitrogen and oxygen atoms in total. The topological polar surface area (TPSA) is 55.3 Å². The average molecular weight is 314 g/mol. The van der Waals surface area contributed by atoms with Crippen LogP contribution in [0.15, 0.2) is 33.3 Å². The van der Waals surface area contributed by atoms with E-state index in [9.17, 15) is 4.39 Å². The Balaban J connectivity index is 2.02. The molecular formula is C12H13BrFN3O. The van der Waals surface area contributed by atoms with Crippen molar-refractivity contribution in [3.63, 3.8) is 0 Å². The lowest BCUT2D eigenvalue weighted by atomic mass is 10.2. The molecule has 0 fully saturated rings. The highest BCUT2D eigenvalue weighted by atomic mass is 79.9. The second-order valence-electron chi connectivity index (χ2n) is 4.13. The fraction of sp³-hybridized carbons (Fsp3) is 0.250. The molecule has 2 N–H and O–H groups in total. The lowest BCUT2D eigenvalue weighted by Crippen LogP contribution is -2.17. The van der Waals surface area contributed by atoms with E-state index in [0.29, 0.717) is 30.2 Å². The molecule has 0 spiro atoms. The third-order valence-electron chi connectivity index (χ3n) is 2.45. The second kappa shape index (κ2) is 5.49. The minimum absolute atomic E-state index is 0.220. The van der Waals surface area contributed by atoms with Gasteiger partial charge in [-0.15, -0.1) is 0 Å². The first kappa shape index (κ1) is 13.0. The van der Waals surface area contributed by atoms with Gasteiger partial charge in [-0.25, -0.2) is 4.39 Å². The Hall–Kier alpha value is -1.40. The molecule has 2 rings (SSSR count). The van der Waals surface area contributed by atoms with Gasteiger partial charge < -0.3 is 10.3 Å². The van der Waals surface area contributed by atoms with Gasteiger partial charge in [-0.3, -0.25) is 4.90 Å². The zero-order valence-electron chi connectivity index (χ0n) is 9.86. The van der Waals surface area contributed by atoms with Crippen molar-refractivity contribution < 1.29 is 8.91 Å². The molecule has 0 saturated carbocycles. The van der Waals surface area contributed by atoms with Crippen LogP contribution in [0.5, 0.6) is 0 Å². The van der Waals surface area contributed by atoms with Crippen LogP contribution in [0.1, 0.15) is 11.3 Å². The Morgan fingerprint density at radius 2 is 2.17 bits per heavy atom. The number of nitrogens with two attached hydrogens (primary N) is 1. The lowest BCUT2D eigenvalue weighted by Gasteiger charge is -2.15. The summed E-state index contributed by atoms with van der Waals surface area (Å²) in [6.45, 7) is 1.00. The zero-order valence-corrected chi connectivity index (χ0v) is 11.4. The third kappa shape index (κ3) is 3.30. The van der Waals surface area contributed by atoms with Crippen LogP contribution >= 0.6 is 15.9 Å². The summed E-state index contributed by atoms with van der Waals surface area (Å²) >= 11 is 3.33. The highest BCUT2D eigenvalue weighted by Gasteiger charge is 2.09. The van der Waals surface area contributed by atoms with E-state index in [4.69, 9.17) is 10.3 Å².